The van der Waals surface area contributed by atoms with Gasteiger partial charge in [0, 0.05) is 5.56 Å². The second kappa shape index (κ2) is 8.98. The topological polar surface area (TPSA) is 61.8 Å². The number of phosphoric acid groups is 1. The van der Waals surface area contributed by atoms with E-state index in [1.54, 1.807) is 0 Å². The molecule has 0 aliphatic carbocycles. The minimum Gasteiger partial charge on any atom is -0.283 e. The molecule has 8 heteroatoms. The summed E-state index contributed by atoms with van der Waals surface area (Å²) in [6.07, 6.45) is 2.73. The number of rotatable bonds is 10. The van der Waals surface area contributed by atoms with Gasteiger partial charge in [-0.05, 0) is 35.4 Å². The fourth-order valence-electron chi connectivity index (χ4n) is 1.42. The van der Waals surface area contributed by atoms with E-state index in [-0.39, 0.29) is 30.9 Å². The molecule has 0 amide bonds. The Balaban J connectivity index is 2.90. The van der Waals surface area contributed by atoms with Crippen molar-refractivity contribution in [1.82, 2.24) is 0 Å². The van der Waals surface area contributed by atoms with Crippen LogP contribution in [0.1, 0.15) is 15.9 Å². The maximum absolute atomic E-state index is 13.3. The van der Waals surface area contributed by atoms with Crippen LogP contribution >= 0.6 is 19.4 Å². The Bertz CT molecular complexity index is 589. The Morgan fingerprint density at radius 1 is 1.23 bits per heavy atom. The lowest BCUT2D eigenvalue weighted by molar-refractivity contribution is 0.107. The van der Waals surface area contributed by atoms with Gasteiger partial charge in [-0.3, -0.25) is 18.4 Å². The largest absolute Gasteiger partial charge is 0.475 e. The molecule has 0 unspecified atom stereocenters. The summed E-state index contributed by atoms with van der Waals surface area (Å²) in [5.41, 5.74) is 0.173. The average Bonchev–Trinajstić information content (AvgIpc) is 2.49. The summed E-state index contributed by atoms with van der Waals surface area (Å²) < 4.78 is 40.6. The van der Waals surface area contributed by atoms with Crippen molar-refractivity contribution in [2.24, 2.45) is 0 Å². The first-order valence-electron chi connectivity index (χ1n) is 6.15. The molecule has 0 fully saturated rings. The van der Waals surface area contributed by atoms with E-state index in [0.717, 1.165) is 12.1 Å². The molecule has 0 heterocycles. The first-order chi connectivity index (χ1) is 10.4. The first-order valence-corrected chi connectivity index (χ1v) is 7.99. The van der Waals surface area contributed by atoms with E-state index in [2.05, 4.69) is 13.2 Å². The first kappa shape index (κ1) is 18.7. The third-order valence-electron chi connectivity index (χ3n) is 2.36. The molecule has 0 spiro atoms. The van der Waals surface area contributed by atoms with E-state index < -0.39 is 18.9 Å². The van der Waals surface area contributed by atoms with E-state index in [4.69, 9.17) is 25.2 Å². The average molecular weight is 349 g/mol. The van der Waals surface area contributed by atoms with Crippen LogP contribution in [0.5, 0.6) is 0 Å². The summed E-state index contributed by atoms with van der Waals surface area (Å²) in [6, 6.07) is 3.35. The van der Waals surface area contributed by atoms with Crippen molar-refractivity contribution in [2.75, 3.05) is 13.2 Å². The molecule has 0 saturated carbocycles. The summed E-state index contributed by atoms with van der Waals surface area (Å²) in [5.74, 6) is -0.589. The zero-order valence-corrected chi connectivity index (χ0v) is 13.3. The third kappa shape index (κ3) is 5.83. The molecule has 0 aliphatic rings. The number of phosphoric ester groups is 1. The van der Waals surface area contributed by atoms with Crippen molar-refractivity contribution in [1.29, 1.82) is 0 Å². The summed E-state index contributed by atoms with van der Waals surface area (Å²) in [4.78, 5) is 11.3. The van der Waals surface area contributed by atoms with Gasteiger partial charge in [0.15, 0.2) is 0 Å². The number of hydrogen-bond donors (Lipinski definition) is 0. The second-order valence-electron chi connectivity index (χ2n) is 3.96. The molecule has 0 radical (unpaired) electrons. The highest BCUT2D eigenvalue weighted by atomic mass is 35.5. The summed E-state index contributed by atoms with van der Waals surface area (Å²) in [5, 5.41) is -0.785. The van der Waals surface area contributed by atoms with Gasteiger partial charge >= 0.3 is 7.82 Å². The van der Waals surface area contributed by atoms with Gasteiger partial charge in [-0.2, -0.15) is 0 Å². The number of carbonyl (C=O) groups is 1. The predicted molar refractivity (Wildman–Crippen MR) is 81.3 cm³/mol. The second-order valence-corrected chi connectivity index (χ2v) is 5.98. The van der Waals surface area contributed by atoms with E-state index in [0.29, 0.717) is 0 Å². The Labute approximate surface area is 132 Å². The van der Waals surface area contributed by atoms with Crippen molar-refractivity contribution >= 4 is 24.7 Å². The van der Waals surface area contributed by atoms with Gasteiger partial charge in [-0.25, -0.2) is 8.96 Å². The molecule has 1 rings (SSSR count). The molecule has 5 nitrogen and oxygen atoms in total. The van der Waals surface area contributed by atoms with Crippen LogP contribution in [0, 0.1) is 5.82 Å². The zero-order valence-electron chi connectivity index (χ0n) is 11.7. The molecule has 0 aliphatic heterocycles. The van der Waals surface area contributed by atoms with E-state index in [9.17, 15) is 13.8 Å². The molecule has 120 valence electrons. The minimum atomic E-state index is -3.90. The van der Waals surface area contributed by atoms with Gasteiger partial charge in [-0.1, -0.05) is 12.2 Å². The van der Waals surface area contributed by atoms with Crippen LogP contribution in [-0.2, 0) is 24.7 Å². The molecule has 1 aromatic rings. The molecule has 0 atom stereocenters. The van der Waals surface area contributed by atoms with Gasteiger partial charge in [0.05, 0.1) is 19.8 Å². The van der Waals surface area contributed by atoms with Crippen molar-refractivity contribution in [2.45, 2.75) is 6.61 Å². The van der Waals surface area contributed by atoms with Gasteiger partial charge in [0.2, 0.25) is 0 Å². The number of carbonyl (C=O) groups excluding carboxylic acids is 1. The Kier molecular flexibility index (Phi) is 7.65. The fourth-order valence-corrected chi connectivity index (χ4v) is 2.70. The van der Waals surface area contributed by atoms with Crippen LogP contribution in [0.2, 0.25) is 0 Å². The van der Waals surface area contributed by atoms with Gasteiger partial charge in [0.1, 0.15) is 5.82 Å². The highest BCUT2D eigenvalue weighted by molar-refractivity contribution is 7.48. The van der Waals surface area contributed by atoms with Crippen LogP contribution in [0.25, 0.3) is 0 Å². The lowest BCUT2D eigenvalue weighted by Crippen LogP contribution is -2.04. The van der Waals surface area contributed by atoms with Gasteiger partial charge in [0.25, 0.3) is 5.24 Å². The lowest BCUT2D eigenvalue weighted by atomic mass is 10.1. The Morgan fingerprint density at radius 2 is 1.82 bits per heavy atom. The van der Waals surface area contributed by atoms with Crippen LogP contribution < -0.4 is 0 Å². The zero-order chi connectivity index (χ0) is 16.6. The molecule has 0 bridgehead atoms. The third-order valence-corrected chi connectivity index (χ3v) is 3.94. The molecule has 0 saturated heterocycles. The number of hydrogen-bond acceptors (Lipinski definition) is 5. The minimum absolute atomic E-state index is 0.0436. The van der Waals surface area contributed by atoms with Crippen LogP contribution in [0.15, 0.2) is 43.5 Å². The molecule has 1 aromatic carbocycles. The SMILES string of the molecule is C=CCOP(=O)(OCC=C)OCc1cc(F)ccc1C(=O)Cl. The van der Waals surface area contributed by atoms with Crippen LogP contribution in [0.4, 0.5) is 4.39 Å². The monoisotopic (exact) mass is 348 g/mol. The summed E-state index contributed by atoms with van der Waals surface area (Å²) >= 11 is 5.40. The molecule has 22 heavy (non-hydrogen) atoms. The molecule has 0 N–H and O–H groups in total. The molecular formula is C14H15ClFO5P. The molecule has 0 aromatic heterocycles. The van der Waals surface area contributed by atoms with E-state index >= 15 is 0 Å². The maximum Gasteiger partial charge on any atom is 0.475 e. The highest BCUT2D eigenvalue weighted by Crippen LogP contribution is 2.50. The summed E-state index contributed by atoms with van der Waals surface area (Å²) in [7, 11) is -3.90. The summed E-state index contributed by atoms with van der Waals surface area (Å²) in [6.45, 7) is 6.33. The maximum atomic E-state index is 13.3. The highest BCUT2D eigenvalue weighted by Gasteiger charge is 2.26. The lowest BCUT2D eigenvalue weighted by Gasteiger charge is -2.17. The fraction of sp³-hybridized carbons (Fsp3) is 0.214. The van der Waals surface area contributed by atoms with Crippen LogP contribution in [0.3, 0.4) is 0 Å². The Morgan fingerprint density at radius 3 is 2.32 bits per heavy atom. The van der Waals surface area contributed by atoms with Crippen molar-refractivity contribution in [3.05, 3.63) is 60.5 Å². The molecular weight excluding hydrogens is 334 g/mol. The van der Waals surface area contributed by atoms with Crippen molar-refractivity contribution in [3.63, 3.8) is 0 Å². The number of halogens is 2. The normalized spacial score (nSPS) is 11.2. The number of benzene rings is 1. The Hall–Kier alpha value is -1.30. The van der Waals surface area contributed by atoms with E-state index in [1.165, 1.54) is 18.2 Å². The van der Waals surface area contributed by atoms with Gasteiger partial charge in [-0.15, -0.1) is 13.2 Å². The quantitative estimate of drug-likeness (QED) is 0.359. The van der Waals surface area contributed by atoms with Crippen molar-refractivity contribution < 1.29 is 27.3 Å². The van der Waals surface area contributed by atoms with E-state index in [1.807, 2.05) is 0 Å². The van der Waals surface area contributed by atoms with Crippen LogP contribution in [-0.4, -0.2) is 18.5 Å². The van der Waals surface area contributed by atoms with Crippen molar-refractivity contribution in [3.8, 4) is 0 Å². The predicted octanol–water partition coefficient (Wildman–Crippen LogP) is 4.23. The van der Waals surface area contributed by atoms with Gasteiger partial charge < -0.3 is 0 Å². The smallest absolute Gasteiger partial charge is 0.283 e. The standard InChI is InChI=1S/C14H15ClFO5P/c1-3-7-19-22(18,20-8-4-2)21-10-11-9-12(16)5-6-13(11)14(15)17/h3-6,9H,1-2,7-8,10H2.